The molecule has 0 bridgehead atoms. The van der Waals surface area contributed by atoms with Gasteiger partial charge in [-0.3, -0.25) is 0 Å². The average molecular weight is 318 g/mol. The van der Waals surface area contributed by atoms with Crippen molar-refractivity contribution in [3.8, 4) is 0 Å². The van der Waals surface area contributed by atoms with Crippen molar-refractivity contribution in [3.05, 3.63) is 23.5 Å². The Labute approximate surface area is 125 Å². The number of anilines is 1. The van der Waals surface area contributed by atoms with Crippen molar-refractivity contribution in [2.24, 2.45) is 5.41 Å². The van der Waals surface area contributed by atoms with Crippen LogP contribution in [0.2, 0.25) is 0 Å². The Morgan fingerprint density at radius 3 is 2.57 bits per heavy atom. The summed E-state index contributed by atoms with van der Waals surface area (Å²) in [4.78, 5) is -0.423. The van der Waals surface area contributed by atoms with Crippen molar-refractivity contribution < 1.29 is 17.5 Å². The van der Waals surface area contributed by atoms with Gasteiger partial charge in [-0.25, -0.2) is 17.5 Å². The first-order chi connectivity index (χ1) is 9.59. The molecule has 7 heteroatoms. The highest BCUT2D eigenvalue weighted by Gasteiger charge is 2.25. The van der Waals surface area contributed by atoms with Crippen molar-refractivity contribution in [2.75, 3.05) is 26.0 Å². The number of ether oxygens (including phenoxy) is 1. The lowest BCUT2D eigenvalue weighted by molar-refractivity contribution is 0.153. The molecule has 0 spiro atoms. The van der Waals surface area contributed by atoms with Crippen LogP contribution in [0.15, 0.2) is 17.0 Å². The van der Waals surface area contributed by atoms with Gasteiger partial charge in [-0.15, -0.1) is 0 Å². The third-order valence-electron chi connectivity index (χ3n) is 3.33. The van der Waals surface area contributed by atoms with E-state index in [1.54, 1.807) is 14.0 Å². The van der Waals surface area contributed by atoms with Crippen molar-refractivity contribution in [1.82, 2.24) is 4.72 Å². The Balaban J connectivity index is 2.90. The van der Waals surface area contributed by atoms with Crippen LogP contribution in [0, 0.1) is 18.2 Å². The lowest BCUT2D eigenvalue weighted by Crippen LogP contribution is -2.35. The van der Waals surface area contributed by atoms with Crippen molar-refractivity contribution in [2.45, 2.75) is 32.1 Å². The molecule has 1 rings (SSSR count). The Morgan fingerprint density at radius 2 is 2.00 bits per heavy atom. The van der Waals surface area contributed by atoms with Crippen LogP contribution < -0.4 is 10.5 Å². The standard InChI is InChI=1S/C14H23FN2O3S/c1-10-7-11(15)13(8-12(10)16)21(18,19)17-9-14(2,3)5-6-20-4/h7-8,17H,5-6,9,16H2,1-4H3. The fraction of sp³-hybridized carbons (Fsp3) is 0.571. The monoisotopic (exact) mass is 318 g/mol. The summed E-state index contributed by atoms with van der Waals surface area (Å²) in [5.74, 6) is -0.802. The van der Waals surface area contributed by atoms with E-state index in [2.05, 4.69) is 4.72 Å². The number of methoxy groups -OCH3 is 1. The van der Waals surface area contributed by atoms with Crippen LogP contribution in [0.4, 0.5) is 10.1 Å². The molecular weight excluding hydrogens is 295 g/mol. The number of rotatable bonds is 7. The number of hydrogen-bond acceptors (Lipinski definition) is 4. The van der Waals surface area contributed by atoms with Gasteiger partial charge in [0.05, 0.1) is 0 Å². The molecule has 5 nitrogen and oxygen atoms in total. The largest absolute Gasteiger partial charge is 0.398 e. The maximum atomic E-state index is 13.9. The van der Waals surface area contributed by atoms with Gasteiger partial charge in [0, 0.05) is 25.9 Å². The summed E-state index contributed by atoms with van der Waals surface area (Å²) in [6.07, 6.45) is 0.685. The Kier molecular flexibility index (Phi) is 5.72. The van der Waals surface area contributed by atoms with Crippen LogP contribution in [-0.4, -0.2) is 28.7 Å². The molecule has 0 fully saturated rings. The topological polar surface area (TPSA) is 81.4 Å². The average Bonchev–Trinajstić information content (AvgIpc) is 2.38. The van der Waals surface area contributed by atoms with Crippen LogP contribution in [0.3, 0.4) is 0 Å². The lowest BCUT2D eigenvalue weighted by Gasteiger charge is -2.24. The first-order valence-corrected chi connectivity index (χ1v) is 8.11. The minimum atomic E-state index is -3.93. The molecule has 0 heterocycles. The molecule has 0 saturated carbocycles. The molecule has 0 aliphatic heterocycles. The molecule has 0 aliphatic carbocycles. The fourth-order valence-electron chi connectivity index (χ4n) is 1.71. The molecule has 0 radical (unpaired) electrons. The van der Waals surface area contributed by atoms with Gasteiger partial charge in [-0.05, 0) is 36.5 Å². The van der Waals surface area contributed by atoms with Gasteiger partial charge >= 0.3 is 0 Å². The highest BCUT2D eigenvalue weighted by atomic mass is 32.2. The zero-order chi connectivity index (χ0) is 16.3. The number of aryl methyl sites for hydroxylation is 1. The summed E-state index contributed by atoms with van der Waals surface area (Å²) >= 11 is 0. The maximum absolute atomic E-state index is 13.9. The van der Waals surface area contributed by atoms with Crippen molar-refractivity contribution in [3.63, 3.8) is 0 Å². The highest BCUT2D eigenvalue weighted by molar-refractivity contribution is 7.89. The fourth-order valence-corrected chi connectivity index (χ4v) is 3.04. The summed E-state index contributed by atoms with van der Waals surface area (Å²) in [5.41, 5.74) is 6.11. The van der Waals surface area contributed by atoms with Gasteiger partial charge in [-0.1, -0.05) is 13.8 Å². The van der Waals surface area contributed by atoms with E-state index in [1.165, 1.54) is 0 Å². The highest BCUT2D eigenvalue weighted by Crippen LogP contribution is 2.23. The second-order valence-electron chi connectivity index (χ2n) is 5.87. The Bertz CT molecular complexity index is 600. The number of nitrogen functional groups attached to an aromatic ring is 1. The van der Waals surface area contributed by atoms with Gasteiger partial charge in [0.15, 0.2) is 0 Å². The summed E-state index contributed by atoms with van der Waals surface area (Å²) in [6.45, 7) is 6.16. The molecule has 120 valence electrons. The van der Waals surface area contributed by atoms with E-state index in [9.17, 15) is 12.8 Å². The van der Waals surface area contributed by atoms with Gasteiger partial charge in [-0.2, -0.15) is 0 Å². The number of sulfonamides is 1. The Hall–Kier alpha value is -1.18. The SMILES string of the molecule is COCCC(C)(C)CNS(=O)(=O)c1cc(N)c(C)cc1F. The first-order valence-electron chi connectivity index (χ1n) is 6.63. The third-order valence-corrected chi connectivity index (χ3v) is 4.75. The summed E-state index contributed by atoms with van der Waals surface area (Å²) in [7, 11) is -2.35. The van der Waals surface area contributed by atoms with E-state index < -0.39 is 20.7 Å². The van der Waals surface area contributed by atoms with Gasteiger partial charge in [0.2, 0.25) is 10.0 Å². The molecular formula is C14H23FN2O3S. The predicted octanol–water partition coefficient (Wildman–Crippen LogP) is 2.06. The van der Waals surface area contributed by atoms with Gasteiger partial charge in [0.1, 0.15) is 10.7 Å². The molecule has 0 aliphatic rings. The maximum Gasteiger partial charge on any atom is 0.243 e. The molecule has 0 amide bonds. The third kappa shape index (κ3) is 4.94. The van der Waals surface area contributed by atoms with Crippen molar-refractivity contribution in [1.29, 1.82) is 0 Å². The molecule has 1 aromatic rings. The number of benzene rings is 1. The molecule has 0 aromatic heterocycles. The van der Waals surface area contributed by atoms with E-state index >= 15 is 0 Å². The van der Waals surface area contributed by atoms with E-state index in [1.807, 2.05) is 13.8 Å². The normalized spacial score (nSPS) is 12.6. The Morgan fingerprint density at radius 1 is 1.38 bits per heavy atom. The lowest BCUT2D eigenvalue weighted by atomic mass is 9.90. The van der Waals surface area contributed by atoms with E-state index in [-0.39, 0.29) is 17.6 Å². The summed E-state index contributed by atoms with van der Waals surface area (Å²) in [6, 6.07) is 2.27. The zero-order valence-corrected chi connectivity index (χ0v) is 13.7. The minimum absolute atomic E-state index is 0.186. The number of nitrogens with two attached hydrogens (primary N) is 1. The predicted molar refractivity (Wildman–Crippen MR) is 81.0 cm³/mol. The quantitative estimate of drug-likeness (QED) is 0.754. The van der Waals surface area contributed by atoms with Crippen LogP contribution in [0.5, 0.6) is 0 Å². The van der Waals surface area contributed by atoms with E-state index in [4.69, 9.17) is 10.5 Å². The van der Waals surface area contributed by atoms with E-state index in [0.717, 1.165) is 12.1 Å². The molecule has 1 aromatic carbocycles. The molecule has 3 N–H and O–H groups in total. The number of halogens is 1. The smallest absolute Gasteiger partial charge is 0.243 e. The number of nitrogens with one attached hydrogen (secondary N) is 1. The molecule has 0 atom stereocenters. The number of hydrogen-bond donors (Lipinski definition) is 2. The van der Waals surface area contributed by atoms with Gasteiger partial charge < -0.3 is 10.5 Å². The van der Waals surface area contributed by atoms with E-state index in [0.29, 0.717) is 18.6 Å². The molecule has 0 saturated heterocycles. The van der Waals surface area contributed by atoms with Crippen molar-refractivity contribution >= 4 is 15.7 Å². The molecule has 21 heavy (non-hydrogen) atoms. The van der Waals surface area contributed by atoms with Crippen LogP contribution in [0.25, 0.3) is 0 Å². The summed E-state index contributed by atoms with van der Waals surface area (Å²) < 4.78 is 45.7. The zero-order valence-electron chi connectivity index (χ0n) is 12.9. The summed E-state index contributed by atoms with van der Waals surface area (Å²) in [5, 5.41) is 0. The molecule has 0 unspecified atom stereocenters. The van der Waals surface area contributed by atoms with Gasteiger partial charge in [0.25, 0.3) is 0 Å². The second kappa shape index (κ2) is 6.72. The second-order valence-corrected chi connectivity index (χ2v) is 7.61. The van der Waals surface area contributed by atoms with Crippen LogP contribution in [-0.2, 0) is 14.8 Å². The van der Waals surface area contributed by atoms with Crippen LogP contribution in [0.1, 0.15) is 25.8 Å². The minimum Gasteiger partial charge on any atom is -0.398 e. The first kappa shape index (κ1) is 17.9. The van der Waals surface area contributed by atoms with Crippen LogP contribution >= 0.6 is 0 Å².